The van der Waals surface area contributed by atoms with Gasteiger partial charge in [-0.2, -0.15) is 13.2 Å². The third-order valence-corrected chi connectivity index (χ3v) is 3.15. The number of hydrogen-bond donors (Lipinski definition) is 0. The van der Waals surface area contributed by atoms with Crippen LogP contribution in [0.1, 0.15) is 11.1 Å². The van der Waals surface area contributed by atoms with Crippen LogP contribution in [0, 0.1) is 0 Å². The van der Waals surface area contributed by atoms with E-state index in [1.165, 1.54) is 13.2 Å². The van der Waals surface area contributed by atoms with Crippen molar-refractivity contribution in [3.05, 3.63) is 27.7 Å². The van der Waals surface area contributed by atoms with E-state index in [2.05, 4.69) is 31.9 Å². The Kier molecular flexibility index (Phi) is 4.06. The summed E-state index contributed by atoms with van der Waals surface area (Å²) in [6.07, 6.45) is -4.40. The highest BCUT2D eigenvalue weighted by atomic mass is 79.9. The van der Waals surface area contributed by atoms with Crippen LogP contribution in [0.2, 0.25) is 0 Å². The minimum Gasteiger partial charge on any atom is -0.496 e. The fourth-order valence-corrected chi connectivity index (χ4v) is 2.57. The van der Waals surface area contributed by atoms with Crippen molar-refractivity contribution in [3.8, 4) is 5.75 Å². The predicted octanol–water partition coefficient (Wildman–Crippen LogP) is 4.37. The number of hydrogen-bond acceptors (Lipinski definition) is 1. The maximum absolute atomic E-state index is 12.6. The molecule has 0 radical (unpaired) electrons. The summed E-state index contributed by atoms with van der Waals surface area (Å²) in [5.74, 6) is -0.145. The summed E-state index contributed by atoms with van der Waals surface area (Å²) in [7, 11) is 1.23. The van der Waals surface area contributed by atoms with E-state index >= 15 is 0 Å². The van der Waals surface area contributed by atoms with Crippen molar-refractivity contribution in [2.75, 3.05) is 7.11 Å². The molecule has 15 heavy (non-hydrogen) atoms. The van der Waals surface area contributed by atoms with E-state index in [0.717, 1.165) is 6.07 Å². The third-order valence-electron chi connectivity index (χ3n) is 1.85. The molecule has 1 rings (SSSR count). The van der Waals surface area contributed by atoms with Gasteiger partial charge in [-0.05, 0) is 12.1 Å². The third kappa shape index (κ3) is 2.66. The number of alkyl halides is 4. The molecule has 0 saturated heterocycles. The molecule has 0 aromatic heterocycles. The van der Waals surface area contributed by atoms with Crippen LogP contribution >= 0.6 is 31.9 Å². The highest BCUT2D eigenvalue weighted by Gasteiger charge is 2.35. The molecule has 0 aliphatic rings. The molecule has 0 saturated carbocycles. The lowest BCUT2D eigenvalue weighted by molar-refractivity contribution is -0.138. The molecule has 6 heteroatoms. The van der Waals surface area contributed by atoms with Gasteiger partial charge in [0.1, 0.15) is 5.75 Å². The van der Waals surface area contributed by atoms with Crippen molar-refractivity contribution in [3.63, 3.8) is 0 Å². The predicted molar refractivity (Wildman–Crippen MR) is 58.3 cm³/mol. The van der Waals surface area contributed by atoms with Crippen LogP contribution in [0.15, 0.2) is 16.6 Å². The van der Waals surface area contributed by atoms with Crippen molar-refractivity contribution in [1.29, 1.82) is 0 Å². The molecule has 0 aliphatic heterocycles. The molecule has 0 spiro atoms. The van der Waals surface area contributed by atoms with Crippen molar-refractivity contribution in [1.82, 2.24) is 0 Å². The average Bonchev–Trinajstić information content (AvgIpc) is 2.15. The van der Waals surface area contributed by atoms with E-state index in [1.54, 1.807) is 0 Å². The summed E-state index contributed by atoms with van der Waals surface area (Å²) < 4.78 is 43.1. The molecule has 0 atom stereocenters. The first-order valence-electron chi connectivity index (χ1n) is 3.90. The second kappa shape index (κ2) is 4.74. The largest absolute Gasteiger partial charge is 0.496 e. The smallest absolute Gasteiger partial charge is 0.419 e. The van der Waals surface area contributed by atoms with E-state index in [-0.39, 0.29) is 5.75 Å². The van der Waals surface area contributed by atoms with Crippen molar-refractivity contribution in [2.24, 2.45) is 0 Å². The Balaban J connectivity index is 3.42. The Bertz CT molecular complexity index is 363. The van der Waals surface area contributed by atoms with Gasteiger partial charge in [0.05, 0.1) is 12.7 Å². The summed E-state index contributed by atoms with van der Waals surface area (Å²) in [4.78, 5) is 0. The Morgan fingerprint density at radius 1 is 1.33 bits per heavy atom. The molecule has 0 aliphatic carbocycles. The average molecular weight is 348 g/mol. The maximum Gasteiger partial charge on any atom is 0.419 e. The van der Waals surface area contributed by atoms with E-state index in [9.17, 15) is 13.2 Å². The van der Waals surface area contributed by atoms with Gasteiger partial charge in [-0.15, -0.1) is 0 Å². The topological polar surface area (TPSA) is 9.23 Å². The van der Waals surface area contributed by atoms with Crippen LogP contribution in [0.5, 0.6) is 5.75 Å². The Morgan fingerprint density at radius 3 is 2.33 bits per heavy atom. The minimum absolute atomic E-state index is 0.145. The van der Waals surface area contributed by atoms with E-state index < -0.39 is 11.7 Å². The Morgan fingerprint density at radius 2 is 1.93 bits per heavy atom. The lowest BCUT2D eigenvalue weighted by atomic mass is 10.1. The highest BCUT2D eigenvalue weighted by molar-refractivity contribution is 9.10. The number of methoxy groups -OCH3 is 1. The zero-order valence-electron chi connectivity index (χ0n) is 7.66. The van der Waals surface area contributed by atoms with Crippen molar-refractivity contribution in [2.45, 2.75) is 11.5 Å². The van der Waals surface area contributed by atoms with Crippen molar-refractivity contribution < 1.29 is 17.9 Å². The van der Waals surface area contributed by atoms with Crippen LogP contribution in [0.4, 0.5) is 13.2 Å². The van der Waals surface area contributed by atoms with E-state index in [4.69, 9.17) is 4.74 Å². The molecule has 0 unspecified atom stereocenters. The first-order valence-corrected chi connectivity index (χ1v) is 5.81. The fourth-order valence-electron chi connectivity index (χ4n) is 1.18. The monoisotopic (exact) mass is 346 g/mol. The summed E-state index contributed by atoms with van der Waals surface area (Å²) in [5, 5.41) is 0.292. The molecule has 84 valence electrons. The standard InChI is InChI=1S/C9H7Br2F3O/c1-15-8-5(4-10)7(11)3-2-6(8)9(12,13)14/h2-3H,4H2,1H3. The minimum atomic E-state index is -4.40. The molecule has 0 fully saturated rings. The zero-order chi connectivity index (χ0) is 11.6. The van der Waals surface area contributed by atoms with Crippen LogP contribution in [-0.4, -0.2) is 7.11 Å². The quantitative estimate of drug-likeness (QED) is 0.722. The van der Waals surface area contributed by atoms with Crippen LogP contribution < -0.4 is 4.74 Å². The fraction of sp³-hybridized carbons (Fsp3) is 0.333. The summed E-state index contributed by atoms with van der Waals surface area (Å²) in [5.41, 5.74) is -0.310. The number of benzene rings is 1. The van der Waals surface area contributed by atoms with Gasteiger partial charge in [-0.1, -0.05) is 31.9 Å². The summed E-state index contributed by atoms with van der Waals surface area (Å²) in [6, 6.07) is 2.36. The van der Waals surface area contributed by atoms with Gasteiger partial charge in [0.15, 0.2) is 0 Å². The normalized spacial score (nSPS) is 11.6. The van der Waals surface area contributed by atoms with Gasteiger partial charge in [0.25, 0.3) is 0 Å². The van der Waals surface area contributed by atoms with E-state index in [1.807, 2.05) is 0 Å². The molecule has 0 bridgehead atoms. The van der Waals surface area contributed by atoms with Gasteiger partial charge in [-0.3, -0.25) is 0 Å². The summed E-state index contributed by atoms with van der Waals surface area (Å²) in [6.45, 7) is 0. The second-order valence-corrected chi connectivity index (χ2v) is 4.15. The number of rotatable bonds is 2. The summed E-state index contributed by atoms with van der Waals surface area (Å²) >= 11 is 6.30. The van der Waals surface area contributed by atoms with Gasteiger partial charge in [-0.25, -0.2) is 0 Å². The lowest BCUT2D eigenvalue weighted by Gasteiger charge is -2.15. The van der Waals surface area contributed by atoms with Crippen molar-refractivity contribution >= 4 is 31.9 Å². The van der Waals surface area contributed by atoms with Gasteiger partial charge >= 0.3 is 6.18 Å². The highest BCUT2D eigenvalue weighted by Crippen LogP contribution is 2.41. The molecule has 1 aromatic rings. The molecule has 0 N–H and O–H groups in total. The van der Waals surface area contributed by atoms with Crippen LogP contribution in [-0.2, 0) is 11.5 Å². The first-order chi connectivity index (χ1) is 6.91. The van der Waals surface area contributed by atoms with Gasteiger partial charge in [0.2, 0.25) is 0 Å². The van der Waals surface area contributed by atoms with E-state index in [0.29, 0.717) is 15.4 Å². The number of ether oxygens (including phenoxy) is 1. The van der Waals surface area contributed by atoms with Crippen LogP contribution in [0.3, 0.4) is 0 Å². The first kappa shape index (κ1) is 12.8. The molecule has 1 aromatic carbocycles. The maximum atomic E-state index is 12.6. The zero-order valence-corrected chi connectivity index (χ0v) is 10.8. The SMILES string of the molecule is COc1c(C(F)(F)F)ccc(Br)c1CBr. The second-order valence-electron chi connectivity index (χ2n) is 2.74. The lowest BCUT2D eigenvalue weighted by Crippen LogP contribution is -2.09. The number of halogens is 5. The molecule has 0 heterocycles. The molecule has 0 amide bonds. The van der Waals surface area contributed by atoms with Gasteiger partial charge < -0.3 is 4.74 Å². The van der Waals surface area contributed by atoms with Crippen LogP contribution in [0.25, 0.3) is 0 Å². The van der Waals surface area contributed by atoms with Gasteiger partial charge in [0, 0.05) is 15.4 Å². The Hall–Kier alpha value is -0.230. The molecule has 1 nitrogen and oxygen atoms in total. The molecular weight excluding hydrogens is 341 g/mol. The Labute approximate surface area is 102 Å². The molecular formula is C9H7Br2F3O.